The van der Waals surface area contributed by atoms with E-state index >= 15 is 0 Å². The molecule has 1 saturated carbocycles. The van der Waals surface area contributed by atoms with Crippen molar-refractivity contribution in [2.75, 3.05) is 13.2 Å². The van der Waals surface area contributed by atoms with Gasteiger partial charge in [0, 0.05) is 6.04 Å². The van der Waals surface area contributed by atoms with Crippen LogP contribution in [0.15, 0.2) is 24.3 Å². The van der Waals surface area contributed by atoms with Crippen LogP contribution < -0.4 is 14.8 Å². The fraction of sp³-hybridized carbons (Fsp3) is 0.579. The summed E-state index contributed by atoms with van der Waals surface area (Å²) in [5, 5.41) is 2.98. The molecule has 1 aliphatic carbocycles. The highest BCUT2D eigenvalue weighted by atomic mass is 16.6. The van der Waals surface area contributed by atoms with E-state index in [2.05, 4.69) is 19.2 Å². The highest BCUT2D eigenvalue weighted by Gasteiger charge is 2.31. The van der Waals surface area contributed by atoms with Crippen molar-refractivity contribution in [3.63, 3.8) is 0 Å². The summed E-state index contributed by atoms with van der Waals surface area (Å²) < 4.78 is 16.2. The van der Waals surface area contributed by atoms with Crippen LogP contribution in [0.5, 0.6) is 11.5 Å². The number of ether oxygens (including phenoxy) is 3. The Hall–Kier alpha value is -2.24. The number of fused-ring (bicyclic) bond motifs is 1. The highest BCUT2D eigenvalue weighted by Crippen LogP contribution is 2.31. The SMILES string of the molecule is C[C@H]1[C@@H](NC(=O)COC(=O)[C@@H]2COc3ccccc3O2)CCC[C@@H]1C. The second kappa shape index (κ2) is 7.76. The molecular formula is C19H25NO5. The summed E-state index contributed by atoms with van der Waals surface area (Å²) in [6.07, 6.45) is 2.43. The molecule has 25 heavy (non-hydrogen) atoms. The van der Waals surface area contributed by atoms with Crippen molar-refractivity contribution in [1.29, 1.82) is 0 Å². The molecule has 1 aromatic carbocycles. The number of esters is 1. The van der Waals surface area contributed by atoms with Crippen LogP contribution in [0.25, 0.3) is 0 Å². The van der Waals surface area contributed by atoms with Gasteiger partial charge in [-0.15, -0.1) is 0 Å². The number of nitrogens with one attached hydrogen (secondary N) is 1. The van der Waals surface area contributed by atoms with E-state index in [1.807, 2.05) is 6.07 Å². The lowest BCUT2D eigenvalue weighted by atomic mass is 9.78. The fourth-order valence-electron chi connectivity index (χ4n) is 3.40. The van der Waals surface area contributed by atoms with Gasteiger partial charge < -0.3 is 19.5 Å². The predicted molar refractivity (Wildman–Crippen MR) is 91.4 cm³/mol. The lowest BCUT2D eigenvalue weighted by Crippen LogP contribution is -2.46. The fourth-order valence-corrected chi connectivity index (χ4v) is 3.40. The molecule has 1 heterocycles. The van der Waals surface area contributed by atoms with Gasteiger partial charge in [0.25, 0.3) is 5.91 Å². The van der Waals surface area contributed by atoms with Crippen molar-refractivity contribution in [1.82, 2.24) is 5.32 Å². The Bertz CT molecular complexity index is 632. The summed E-state index contributed by atoms with van der Waals surface area (Å²) >= 11 is 0. The number of rotatable bonds is 4. The van der Waals surface area contributed by atoms with E-state index in [1.54, 1.807) is 18.2 Å². The third-order valence-electron chi connectivity index (χ3n) is 5.17. The molecule has 1 fully saturated rings. The average Bonchev–Trinajstić information content (AvgIpc) is 2.63. The van der Waals surface area contributed by atoms with Gasteiger partial charge in [-0.3, -0.25) is 4.79 Å². The molecular weight excluding hydrogens is 322 g/mol. The third kappa shape index (κ3) is 4.24. The van der Waals surface area contributed by atoms with Gasteiger partial charge >= 0.3 is 5.97 Å². The van der Waals surface area contributed by atoms with Crippen molar-refractivity contribution >= 4 is 11.9 Å². The van der Waals surface area contributed by atoms with Gasteiger partial charge in [0.15, 0.2) is 18.1 Å². The van der Waals surface area contributed by atoms with Crippen LogP contribution in [0.4, 0.5) is 0 Å². The average molecular weight is 347 g/mol. The summed E-state index contributed by atoms with van der Waals surface area (Å²) in [6.45, 7) is 4.15. The lowest BCUT2D eigenvalue weighted by Gasteiger charge is -2.34. The number of hydrogen-bond acceptors (Lipinski definition) is 5. The van der Waals surface area contributed by atoms with E-state index in [0.717, 1.165) is 12.8 Å². The van der Waals surface area contributed by atoms with E-state index in [4.69, 9.17) is 14.2 Å². The summed E-state index contributed by atoms with van der Waals surface area (Å²) in [4.78, 5) is 24.2. The Labute approximate surface area is 147 Å². The third-order valence-corrected chi connectivity index (χ3v) is 5.17. The lowest BCUT2D eigenvalue weighted by molar-refractivity contribution is -0.158. The molecule has 0 aromatic heterocycles. The summed E-state index contributed by atoms with van der Waals surface area (Å²) in [6, 6.07) is 7.29. The quantitative estimate of drug-likeness (QED) is 0.846. The number of para-hydroxylation sites is 2. The number of carbonyl (C=O) groups excluding carboxylic acids is 2. The number of hydrogen-bond donors (Lipinski definition) is 1. The molecule has 0 bridgehead atoms. The number of benzene rings is 1. The first-order valence-corrected chi connectivity index (χ1v) is 8.89. The Kier molecular flexibility index (Phi) is 5.46. The van der Waals surface area contributed by atoms with E-state index in [-0.39, 0.29) is 25.2 Å². The molecule has 6 heteroatoms. The zero-order valence-electron chi connectivity index (χ0n) is 14.7. The molecule has 3 rings (SSSR count). The zero-order valence-corrected chi connectivity index (χ0v) is 14.7. The normalized spacial score (nSPS) is 28.1. The molecule has 1 aliphatic heterocycles. The predicted octanol–water partition coefficient (Wildman–Crippen LogP) is 2.31. The molecule has 6 nitrogen and oxygen atoms in total. The second-order valence-electron chi connectivity index (χ2n) is 6.91. The molecule has 0 radical (unpaired) electrons. The Balaban J connectivity index is 1.45. The van der Waals surface area contributed by atoms with Crippen LogP contribution in [0.3, 0.4) is 0 Å². The van der Waals surface area contributed by atoms with Gasteiger partial charge in [-0.25, -0.2) is 4.79 Å². The molecule has 2 aliphatic rings. The topological polar surface area (TPSA) is 73.9 Å². The van der Waals surface area contributed by atoms with E-state index in [1.165, 1.54) is 6.42 Å². The Morgan fingerprint density at radius 1 is 1.20 bits per heavy atom. The van der Waals surface area contributed by atoms with Crippen molar-refractivity contribution in [2.24, 2.45) is 11.8 Å². The summed E-state index contributed by atoms with van der Waals surface area (Å²) in [5.41, 5.74) is 0. The van der Waals surface area contributed by atoms with Gasteiger partial charge in [0.2, 0.25) is 6.10 Å². The first-order chi connectivity index (χ1) is 12.0. The molecule has 4 atom stereocenters. The highest BCUT2D eigenvalue weighted by molar-refractivity contribution is 5.82. The molecule has 0 unspecified atom stereocenters. The molecule has 0 saturated heterocycles. The van der Waals surface area contributed by atoms with Crippen molar-refractivity contribution in [3.05, 3.63) is 24.3 Å². The van der Waals surface area contributed by atoms with Crippen molar-refractivity contribution in [2.45, 2.75) is 45.3 Å². The minimum atomic E-state index is -0.851. The van der Waals surface area contributed by atoms with E-state index in [0.29, 0.717) is 23.3 Å². The Morgan fingerprint density at radius 2 is 1.96 bits per heavy atom. The van der Waals surface area contributed by atoms with Gasteiger partial charge in [-0.2, -0.15) is 0 Å². The maximum atomic E-state index is 12.1. The van der Waals surface area contributed by atoms with Crippen LogP contribution in [-0.4, -0.2) is 37.2 Å². The van der Waals surface area contributed by atoms with Gasteiger partial charge in [-0.1, -0.05) is 38.8 Å². The first-order valence-electron chi connectivity index (χ1n) is 8.89. The largest absolute Gasteiger partial charge is 0.485 e. The molecule has 1 N–H and O–H groups in total. The van der Waals surface area contributed by atoms with Gasteiger partial charge in [-0.05, 0) is 30.4 Å². The first kappa shape index (κ1) is 17.6. The monoisotopic (exact) mass is 347 g/mol. The van der Waals surface area contributed by atoms with Crippen LogP contribution in [0, 0.1) is 11.8 Å². The molecule has 1 amide bonds. The maximum absolute atomic E-state index is 12.1. The van der Waals surface area contributed by atoms with Crippen LogP contribution in [-0.2, 0) is 14.3 Å². The minimum Gasteiger partial charge on any atom is -0.485 e. The van der Waals surface area contributed by atoms with Crippen LogP contribution in [0.1, 0.15) is 33.1 Å². The molecule has 136 valence electrons. The minimum absolute atomic E-state index is 0.0780. The number of amides is 1. The second-order valence-corrected chi connectivity index (χ2v) is 6.91. The van der Waals surface area contributed by atoms with E-state index in [9.17, 15) is 9.59 Å². The summed E-state index contributed by atoms with van der Waals surface area (Å²) in [7, 11) is 0. The number of carbonyl (C=O) groups is 2. The van der Waals surface area contributed by atoms with Crippen molar-refractivity contribution in [3.8, 4) is 11.5 Å². The molecule has 1 aromatic rings. The Morgan fingerprint density at radius 3 is 2.76 bits per heavy atom. The maximum Gasteiger partial charge on any atom is 0.351 e. The summed E-state index contributed by atoms with van der Waals surface area (Å²) in [5.74, 6) is 1.27. The standard InChI is InChI=1S/C19H25NO5/c1-12-6-5-7-14(13(12)2)20-18(21)11-24-19(22)17-10-23-15-8-3-4-9-16(15)25-17/h3-4,8-9,12-14,17H,5-7,10-11H2,1-2H3,(H,20,21)/t12-,13+,14-,17-/m0/s1. The van der Waals surface area contributed by atoms with Crippen LogP contribution >= 0.6 is 0 Å². The van der Waals surface area contributed by atoms with Crippen molar-refractivity contribution < 1.29 is 23.8 Å². The molecule has 0 spiro atoms. The smallest absolute Gasteiger partial charge is 0.351 e. The van der Waals surface area contributed by atoms with E-state index < -0.39 is 12.1 Å². The van der Waals surface area contributed by atoms with Gasteiger partial charge in [0.1, 0.15) is 6.61 Å². The van der Waals surface area contributed by atoms with Gasteiger partial charge in [0.05, 0.1) is 0 Å². The zero-order chi connectivity index (χ0) is 17.8. The van der Waals surface area contributed by atoms with Crippen LogP contribution in [0.2, 0.25) is 0 Å².